The minimum atomic E-state index is 0.120. The Balaban J connectivity index is 1.44. The number of carbonyl (C=O) groups excluding carboxylic acids is 1. The van der Waals surface area contributed by atoms with Crippen LogP contribution in [-0.2, 0) is 11.3 Å². The van der Waals surface area contributed by atoms with Gasteiger partial charge in [0.2, 0.25) is 5.91 Å². The van der Waals surface area contributed by atoms with Gasteiger partial charge in [-0.05, 0) is 37.6 Å². The molecule has 0 unspecified atom stereocenters. The molecule has 0 radical (unpaired) electrons. The summed E-state index contributed by atoms with van der Waals surface area (Å²) in [4.78, 5) is 23.2. The Morgan fingerprint density at radius 2 is 1.89 bits per heavy atom. The van der Waals surface area contributed by atoms with Crippen molar-refractivity contribution >= 4 is 5.91 Å². The normalized spacial score (nSPS) is 25.1. The Hall–Kier alpha value is -2.18. The average molecular weight is 367 g/mol. The lowest BCUT2D eigenvalue weighted by molar-refractivity contribution is -0.129. The van der Waals surface area contributed by atoms with Gasteiger partial charge in [0.15, 0.2) is 0 Å². The van der Waals surface area contributed by atoms with Crippen molar-refractivity contribution in [3.8, 4) is 5.69 Å². The standard InChI is InChI=1S/C21H29N5O/c1-23-11-9-21(8-7-20(23)27)16-25(14-13-24(21)2)15-18-3-5-19(6-4-18)26-12-10-22-17-26/h3-6,10,12,17H,7-9,11,13-16H2,1-2H3/t21-/m0/s1. The number of amides is 1. The molecule has 2 aliphatic rings. The maximum Gasteiger partial charge on any atom is 0.222 e. The summed E-state index contributed by atoms with van der Waals surface area (Å²) in [5.74, 6) is 0.285. The maximum absolute atomic E-state index is 12.1. The predicted molar refractivity (Wildman–Crippen MR) is 106 cm³/mol. The molecule has 27 heavy (non-hydrogen) atoms. The second-order valence-electron chi connectivity index (χ2n) is 8.06. The average Bonchev–Trinajstić information content (AvgIpc) is 3.18. The van der Waals surface area contributed by atoms with E-state index in [0.29, 0.717) is 6.42 Å². The Morgan fingerprint density at radius 1 is 1.07 bits per heavy atom. The molecule has 6 heteroatoms. The van der Waals surface area contributed by atoms with E-state index in [1.165, 1.54) is 5.56 Å². The summed E-state index contributed by atoms with van der Waals surface area (Å²) < 4.78 is 2.02. The largest absolute Gasteiger partial charge is 0.346 e. The molecule has 1 aromatic carbocycles. The molecule has 2 aromatic rings. The zero-order chi connectivity index (χ0) is 18.9. The molecule has 4 rings (SSSR count). The van der Waals surface area contributed by atoms with E-state index in [9.17, 15) is 4.79 Å². The van der Waals surface area contributed by atoms with E-state index in [1.807, 2.05) is 29.0 Å². The molecule has 6 nitrogen and oxygen atoms in total. The number of likely N-dealkylation sites (tertiary alicyclic amines) is 1. The fourth-order valence-corrected chi connectivity index (χ4v) is 4.42. The zero-order valence-electron chi connectivity index (χ0n) is 16.3. The topological polar surface area (TPSA) is 44.6 Å². The molecule has 1 spiro atoms. The van der Waals surface area contributed by atoms with Crippen LogP contribution in [-0.4, -0.2) is 76.0 Å². The van der Waals surface area contributed by atoms with Gasteiger partial charge in [0, 0.05) is 69.8 Å². The van der Waals surface area contributed by atoms with Crippen LogP contribution in [0.5, 0.6) is 0 Å². The minimum absolute atomic E-state index is 0.120. The maximum atomic E-state index is 12.1. The van der Waals surface area contributed by atoms with Gasteiger partial charge in [-0.3, -0.25) is 14.6 Å². The van der Waals surface area contributed by atoms with Crippen LogP contribution < -0.4 is 0 Å². The number of likely N-dealkylation sites (N-methyl/N-ethyl adjacent to an activating group) is 1. The lowest BCUT2D eigenvalue weighted by Gasteiger charge is -2.49. The molecule has 1 aromatic heterocycles. The SMILES string of the molecule is CN1CC[C@@]2(CCC1=O)CN(Cc1ccc(-n3ccnc3)cc1)CCN2C. The van der Waals surface area contributed by atoms with Gasteiger partial charge >= 0.3 is 0 Å². The number of rotatable bonds is 3. The van der Waals surface area contributed by atoms with Gasteiger partial charge in [-0.1, -0.05) is 12.1 Å². The molecule has 1 atom stereocenters. The molecule has 2 aliphatic heterocycles. The molecule has 1 amide bonds. The van der Waals surface area contributed by atoms with Gasteiger partial charge < -0.3 is 9.47 Å². The first-order valence-corrected chi connectivity index (χ1v) is 9.81. The molecule has 0 bridgehead atoms. The summed E-state index contributed by atoms with van der Waals surface area (Å²) in [6.45, 7) is 4.99. The summed E-state index contributed by atoms with van der Waals surface area (Å²) in [5.41, 5.74) is 2.59. The van der Waals surface area contributed by atoms with E-state index in [4.69, 9.17) is 0 Å². The summed E-state index contributed by atoms with van der Waals surface area (Å²) in [6.07, 6.45) is 8.26. The second-order valence-corrected chi connectivity index (χ2v) is 8.06. The smallest absolute Gasteiger partial charge is 0.222 e. The third kappa shape index (κ3) is 3.77. The molecule has 3 heterocycles. The monoisotopic (exact) mass is 367 g/mol. The van der Waals surface area contributed by atoms with Crippen molar-refractivity contribution in [1.29, 1.82) is 0 Å². The van der Waals surface area contributed by atoms with Gasteiger partial charge in [0.25, 0.3) is 0 Å². The van der Waals surface area contributed by atoms with E-state index in [1.54, 1.807) is 6.20 Å². The number of imidazole rings is 1. The molecule has 2 fully saturated rings. The Labute approximate surface area is 161 Å². The van der Waals surface area contributed by atoms with Crippen molar-refractivity contribution in [2.45, 2.75) is 31.3 Å². The lowest BCUT2D eigenvalue weighted by atomic mass is 9.86. The van der Waals surface area contributed by atoms with Crippen molar-refractivity contribution in [1.82, 2.24) is 24.3 Å². The lowest BCUT2D eigenvalue weighted by Crippen LogP contribution is -2.60. The van der Waals surface area contributed by atoms with E-state index in [-0.39, 0.29) is 11.4 Å². The molecule has 0 N–H and O–H groups in total. The number of carbonyl (C=O) groups is 1. The molecule has 2 saturated heterocycles. The highest BCUT2D eigenvalue weighted by Gasteiger charge is 2.41. The number of aromatic nitrogens is 2. The summed E-state index contributed by atoms with van der Waals surface area (Å²) in [7, 11) is 4.16. The van der Waals surface area contributed by atoms with Crippen molar-refractivity contribution < 1.29 is 4.79 Å². The van der Waals surface area contributed by atoms with Gasteiger partial charge in [-0.15, -0.1) is 0 Å². The predicted octanol–water partition coefficient (Wildman–Crippen LogP) is 2.00. The fraction of sp³-hybridized carbons (Fsp3) is 0.524. The molecule has 144 valence electrons. The van der Waals surface area contributed by atoms with Gasteiger partial charge in [0.05, 0.1) is 6.33 Å². The zero-order valence-corrected chi connectivity index (χ0v) is 16.3. The number of nitrogens with zero attached hydrogens (tertiary/aromatic N) is 5. The second kappa shape index (κ2) is 7.44. The van der Waals surface area contributed by atoms with Gasteiger partial charge in [-0.25, -0.2) is 4.98 Å². The first-order valence-electron chi connectivity index (χ1n) is 9.81. The van der Waals surface area contributed by atoms with Crippen molar-refractivity contribution in [3.63, 3.8) is 0 Å². The van der Waals surface area contributed by atoms with Crippen molar-refractivity contribution in [2.75, 3.05) is 40.3 Å². The van der Waals surface area contributed by atoms with Crippen LogP contribution in [0.4, 0.5) is 0 Å². The highest BCUT2D eigenvalue weighted by Crippen LogP contribution is 2.32. The number of hydrogen-bond donors (Lipinski definition) is 0. The first kappa shape index (κ1) is 18.2. The van der Waals surface area contributed by atoms with Crippen LogP contribution in [0.2, 0.25) is 0 Å². The Bertz CT molecular complexity index is 772. The summed E-state index contributed by atoms with van der Waals surface area (Å²) in [5, 5.41) is 0. The number of benzene rings is 1. The Kier molecular flexibility index (Phi) is 5.02. The van der Waals surface area contributed by atoms with Crippen LogP contribution >= 0.6 is 0 Å². The molecular weight excluding hydrogens is 338 g/mol. The highest BCUT2D eigenvalue weighted by molar-refractivity contribution is 5.76. The third-order valence-electron chi connectivity index (χ3n) is 6.37. The van der Waals surface area contributed by atoms with E-state index in [0.717, 1.165) is 51.3 Å². The van der Waals surface area contributed by atoms with Gasteiger partial charge in [-0.2, -0.15) is 0 Å². The van der Waals surface area contributed by atoms with Crippen LogP contribution in [0.25, 0.3) is 5.69 Å². The minimum Gasteiger partial charge on any atom is -0.346 e. The van der Waals surface area contributed by atoms with Crippen LogP contribution in [0.1, 0.15) is 24.8 Å². The van der Waals surface area contributed by atoms with E-state index in [2.05, 4.69) is 46.1 Å². The van der Waals surface area contributed by atoms with Gasteiger partial charge in [0.1, 0.15) is 0 Å². The fourth-order valence-electron chi connectivity index (χ4n) is 4.42. The molecule has 0 saturated carbocycles. The van der Waals surface area contributed by atoms with Crippen molar-refractivity contribution in [2.24, 2.45) is 0 Å². The van der Waals surface area contributed by atoms with Crippen LogP contribution in [0.15, 0.2) is 43.0 Å². The quantitative estimate of drug-likeness (QED) is 0.832. The number of hydrogen-bond acceptors (Lipinski definition) is 4. The van der Waals surface area contributed by atoms with E-state index < -0.39 is 0 Å². The Morgan fingerprint density at radius 3 is 2.63 bits per heavy atom. The van der Waals surface area contributed by atoms with Crippen LogP contribution in [0.3, 0.4) is 0 Å². The number of piperazine rings is 1. The molecule has 0 aliphatic carbocycles. The first-order chi connectivity index (χ1) is 13.1. The summed E-state index contributed by atoms with van der Waals surface area (Å²) in [6, 6.07) is 8.74. The third-order valence-corrected chi connectivity index (χ3v) is 6.37. The molecular formula is C21H29N5O. The summed E-state index contributed by atoms with van der Waals surface area (Å²) >= 11 is 0. The highest BCUT2D eigenvalue weighted by atomic mass is 16.2. The van der Waals surface area contributed by atoms with E-state index >= 15 is 0 Å². The van der Waals surface area contributed by atoms with Crippen molar-refractivity contribution in [3.05, 3.63) is 48.5 Å². The van der Waals surface area contributed by atoms with Crippen LogP contribution in [0, 0.1) is 0 Å².